The highest BCUT2D eigenvalue weighted by atomic mass is 32.1. The van der Waals surface area contributed by atoms with Crippen LogP contribution in [-0.2, 0) is 6.54 Å². The third-order valence-corrected chi connectivity index (χ3v) is 5.17. The Kier molecular flexibility index (Phi) is 4.55. The van der Waals surface area contributed by atoms with E-state index in [4.69, 9.17) is 15.9 Å². The van der Waals surface area contributed by atoms with Crippen molar-refractivity contribution in [1.29, 1.82) is 0 Å². The van der Waals surface area contributed by atoms with Crippen LogP contribution in [0.25, 0.3) is 10.2 Å². The molecule has 0 fully saturated rings. The normalized spacial score (nSPS) is 13.3. The molecule has 0 bridgehead atoms. The number of non-ortho nitro benzene ring substituents is 1. The molecule has 0 saturated heterocycles. The Morgan fingerprint density at radius 1 is 1.25 bits per heavy atom. The van der Waals surface area contributed by atoms with Gasteiger partial charge in [-0.2, -0.15) is 4.99 Å². The Bertz CT molecular complexity index is 1220. The standard InChI is InChI=1S/C19H13N3O5S/c1-2-7-21-14-11-13(22(24)25)4-6-17(14)28-19(21)20-18(23)12-3-5-15-16(10-12)27-9-8-26-15/h1,3-6,10-11H,7-9H2. The van der Waals surface area contributed by atoms with E-state index < -0.39 is 10.8 Å². The van der Waals surface area contributed by atoms with Gasteiger partial charge in [0.15, 0.2) is 16.3 Å². The van der Waals surface area contributed by atoms with Gasteiger partial charge in [-0.25, -0.2) is 0 Å². The lowest BCUT2D eigenvalue weighted by molar-refractivity contribution is -0.384. The minimum absolute atomic E-state index is 0.0548. The average molecular weight is 395 g/mol. The molecule has 3 aromatic rings. The summed E-state index contributed by atoms with van der Waals surface area (Å²) in [4.78, 5) is 27.8. The molecule has 0 spiro atoms. The van der Waals surface area contributed by atoms with Gasteiger partial charge in [-0.05, 0) is 24.3 Å². The van der Waals surface area contributed by atoms with E-state index in [-0.39, 0.29) is 12.2 Å². The van der Waals surface area contributed by atoms with E-state index in [2.05, 4.69) is 10.9 Å². The number of thiazole rings is 1. The molecule has 8 nitrogen and oxygen atoms in total. The van der Waals surface area contributed by atoms with Crippen molar-refractivity contribution in [2.75, 3.05) is 13.2 Å². The molecule has 28 heavy (non-hydrogen) atoms. The van der Waals surface area contributed by atoms with Crippen LogP contribution in [0.2, 0.25) is 0 Å². The number of carbonyl (C=O) groups excluding carboxylic acids is 1. The monoisotopic (exact) mass is 395 g/mol. The summed E-state index contributed by atoms with van der Waals surface area (Å²) >= 11 is 1.24. The molecule has 1 aliphatic heterocycles. The van der Waals surface area contributed by atoms with E-state index in [9.17, 15) is 14.9 Å². The van der Waals surface area contributed by atoms with Crippen molar-refractivity contribution >= 4 is 33.1 Å². The highest BCUT2D eigenvalue weighted by Crippen LogP contribution is 2.31. The zero-order valence-corrected chi connectivity index (χ0v) is 15.3. The quantitative estimate of drug-likeness (QED) is 0.386. The summed E-state index contributed by atoms with van der Waals surface area (Å²) < 4.78 is 13.3. The fraction of sp³-hybridized carbons (Fsp3) is 0.158. The molecule has 140 valence electrons. The first-order chi connectivity index (χ1) is 13.6. The summed E-state index contributed by atoms with van der Waals surface area (Å²) in [6.07, 6.45) is 5.44. The number of nitrogens with zero attached hydrogens (tertiary/aromatic N) is 3. The van der Waals surface area contributed by atoms with Crippen LogP contribution >= 0.6 is 11.3 Å². The molecule has 0 unspecified atom stereocenters. The molecule has 1 aliphatic rings. The topological polar surface area (TPSA) is 96.0 Å². The summed E-state index contributed by atoms with van der Waals surface area (Å²) in [6, 6.07) is 9.33. The van der Waals surface area contributed by atoms with Crippen molar-refractivity contribution in [3.05, 3.63) is 56.9 Å². The number of benzene rings is 2. The maximum atomic E-state index is 12.7. The molecule has 1 aromatic heterocycles. The Morgan fingerprint density at radius 3 is 2.79 bits per heavy atom. The fourth-order valence-corrected chi connectivity index (χ4v) is 3.84. The first kappa shape index (κ1) is 17.8. The van der Waals surface area contributed by atoms with E-state index in [1.165, 1.54) is 23.5 Å². The SMILES string of the molecule is C#CCn1c(=NC(=O)c2ccc3c(c2)OCCO3)sc2ccc([N+](=O)[O-])cc21. The maximum Gasteiger partial charge on any atom is 0.279 e. The maximum absolute atomic E-state index is 12.7. The summed E-state index contributed by atoms with van der Waals surface area (Å²) in [5, 5.41) is 11.1. The smallest absolute Gasteiger partial charge is 0.279 e. The predicted molar refractivity (Wildman–Crippen MR) is 103 cm³/mol. The molecule has 0 N–H and O–H groups in total. The Morgan fingerprint density at radius 2 is 2.04 bits per heavy atom. The average Bonchev–Trinajstić information content (AvgIpc) is 3.04. The first-order valence-corrected chi connectivity index (χ1v) is 9.08. The van der Waals surface area contributed by atoms with Gasteiger partial charge in [-0.3, -0.25) is 14.9 Å². The van der Waals surface area contributed by atoms with Crippen molar-refractivity contribution < 1.29 is 19.2 Å². The molecule has 0 radical (unpaired) electrons. The van der Waals surface area contributed by atoms with Crippen molar-refractivity contribution in [3.63, 3.8) is 0 Å². The van der Waals surface area contributed by atoms with Crippen LogP contribution in [0.1, 0.15) is 10.4 Å². The number of rotatable bonds is 3. The molecule has 9 heteroatoms. The molecule has 0 aliphatic carbocycles. The summed E-state index contributed by atoms with van der Waals surface area (Å²) in [5.41, 5.74) is 0.853. The summed E-state index contributed by atoms with van der Waals surface area (Å²) in [5.74, 6) is 3.11. The van der Waals surface area contributed by atoms with Gasteiger partial charge in [0.2, 0.25) is 0 Å². The summed E-state index contributed by atoms with van der Waals surface area (Å²) in [6.45, 7) is 1.01. The number of nitro groups is 1. The second-order valence-corrected chi connectivity index (χ2v) is 6.87. The number of carbonyl (C=O) groups is 1. The van der Waals surface area contributed by atoms with Gasteiger partial charge in [0.25, 0.3) is 11.6 Å². The van der Waals surface area contributed by atoms with Gasteiger partial charge in [-0.15, -0.1) is 6.42 Å². The van der Waals surface area contributed by atoms with E-state index in [1.807, 2.05) is 0 Å². The Hall–Kier alpha value is -3.64. The van der Waals surface area contributed by atoms with Gasteiger partial charge >= 0.3 is 0 Å². The van der Waals surface area contributed by atoms with E-state index >= 15 is 0 Å². The van der Waals surface area contributed by atoms with Crippen LogP contribution in [-0.4, -0.2) is 28.6 Å². The van der Waals surface area contributed by atoms with E-state index in [0.717, 1.165) is 4.70 Å². The zero-order chi connectivity index (χ0) is 19.7. The second-order valence-electron chi connectivity index (χ2n) is 5.86. The van der Waals surface area contributed by atoms with Crippen molar-refractivity contribution in [3.8, 4) is 23.8 Å². The van der Waals surface area contributed by atoms with Crippen molar-refractivity contribution in [1.82, 2.24) is 4.57 Å². The van der Waals surface area contributed by atoms with Crippen LogP contribution in [0, 0.1) is 22.5 Å². The van der Waals surface area contributed by atoms with Crippen LogP contribution in [0.5, 0.6) is 11.5 Å². The van der Waals surface area contributed by atoms with E-state index in [1.54, 1.807) is 28.8 Å². The lowest BCUT2D eigenvalue weighted by atomic mass is 10.2. The number of aromatic nitrogens is 1. The second kappa shape index (κ2) is 7.17. The van der Waals surface area contributed by atoms with Crippen LogP contribution in [0.3, 0.4) is 0 Å². The highest BCUT2D eigenvalue weighted by Gasteiger charge is 2.16. The zero-order valence-electron chi connectivity index (χ0n) is 14.5. The van der Waals surface area contributed by atoms with Gasteiger partial charge in [-0.1, -0.05) is 17.3 Å². The van der Waals surface area contributed by atoms with Crippen molar-refractivity contribution in [2.24, 2.45) is 4.99 Å². The number of hydrogen-bond donors (Lipinski definition) is 0. The molecule has 1 amide bonds. The number of ether oxygens (including phenoxy) is 2. The third kappa shape index (κ3) is 3.21. The minimum Gasteiger partial charge on any atom is -0.486 e. The molecule has 0 saturated carbocycles. The molecule has 2 heterocycles. The van der Waals surface area contributed by atoms with Gasteiger partial charge in [0.05, 0.1) is 21.7 Å². The lowest BCUT2D eigenvalue weighted by Crippen LogP contribution is -2.17. The van der Waals surface area contributed by atoms with Crippen LogP contribution in [0.4, 0.5) is 5.69 Å². The number of nitro benzene ring substituents is 1. The minimum atomic E-state index is -0.478. The largest absolute Gasteiger partial charge is 0.486 e. The molecular formula is C19H13N3O5S. The number of hydrogen-bond acceptors (Lipinski definition) is 6. The van der Waals surface area contributed by atoms with Crippen LogP contribution < -0.4 is 14.3 Å². The highest BCUT2D eigenvalue weighted by molar-refractivity contribution is 7.16. The molecule has 4 rings (SSSR count). The van der Waals surface area contributed by atoms with E-state index in [0.29, 0.717) is 40.6 Å². The molecular weight excluding hydrogens is 382 g/mol. The number of amides is 1. The predicted octanol–water partition coefficient (Wildman–Crippen LogP) is 2.76. The third-order valence-electron chi connectivity index (χ3n) is 4.11. The Balaban J connectivity index is 1.80. The summed E-state index contributed by atoms with van der Waals surface area (Å²) in [7, 11) is 0. The molecule has 2 aromatic carbocycles. The number of terminal acetylenes is 1. The van der Waals surface area contributed by atoms with Gasteiger partial charge < -0.3 is 14.0 Å². The van der Waals surface area contributed by atoms with Gasteiger partial charge in [0.1, 0.15) is 13.2 Å². The van der Waals surface area contributed by atoms with Crippen molar-refractivity contribution in [2.45, 2.75) is 6.54 Å². The molecule has 0 atom stereocenters. The Labute approximate surface area is 162 Å². The fourth-order valence-electron chi connectivity index (χ4n) is 2.83. The number of fused-ring (bicyclic) bond motifs is 2. The first-order valence-electron chi connectivity index (χ1n) is 8.27. The van der Waals surface area contributed by atoms with Gasteiger partial charge in [0, 0.05) is 17.7 Å². The lowest BCUT2D eigenvalue weighted by Gasteiger charge is -2.18. The van der Waals surface area contributed by atoms with Crippen LogP contribution in [0.15, 0.2) is 41.4 Å².